The second-order valence-corrected chi connectivity index (χ2v) is 8.68. The average molecular weight is 376 g/mol. The third-order valence-electron chi connectivity index (χ3n) is 5.71. The molecule has 2 amide bonds. The van der Waals surface area contributed by atoms with E-state index in [9.17, 15) is 9.59 Å². The minimum Gasteiger partial charge on any atom is -0.378 e. The van der Waals surface area contributed by atoms with Crippen LogP contribution in [0.4, 0.5) is 0 Å². The van der Waals surface area contributed by atoms with E-state index >= 15 is 0 Å². The van der Waals surface area contributed by atoms with Gasteiger partial charge in [0.1, 0.15) is 5.54 Å². The van der Waals surface area contributed by atoms with Crippen LogP contribution in [0.5, 0.6) is 0 Å². The SMILES string of the molecule is CCOC1CC(N)(C(=O)N2CCN(C(=O)C(C)(C)C)CC2)C1(C)C.Cl. The van der Waals surface area contributed by atoms with Crippen molar-refractivity contribution in [3.8, 4) is 0 Å². The number of hydrogen-bond donors (Lipinski definition) is 1. The molecule has 1 aliphatic carbocycles. The third-order valence-corrected chi connectivity index (χ3v) is 5.71. The molecule has 2 rings (SSSR count). The van der Waals surface area contributed by atoms with Crippen molar-refractivity contribution in [3.05, 3.63) is 0 Å². The van der Waals surface area contributed by atoms with Crippen LogP contribution < -0.4 is 5.73 Å². The quantitative estimate of drug-likeness (QED) is 0.813. The Morgan fingerprint density at radius 3 is 2.00 bits per heavy atom. The first-order valence-corrected chi connectivity index (χ1v) is 8.94. The predicted molar refractivity (Wildman–Crippen MR) is 101 cm³/mol. The Morgan fingerprint density at radius 1 is 1.12 bits per heavy atom. The number of nitrogens with zero attached hydrogens (tertiary/aromatic N) is 2. The number of hydrogen-bond acceptors (Lipinski definition) is 4. The van der Waals surface area contributed by atoms with Crippen molar-refractivity contribution >= 4 is 24.2 Å². The van der Waals surface area contributed by atoms with Crippen LogP contribution in [-0.2, 0) is 14.3 Å². The van der Waals surface area contributed by atoms with Gasteiger partial charge in [-0.3, -0.25) is 9.59 Å². The second-order valence-electron chi connectivity index (χ2n) is 8.68. The zero-order chi connectivity index (χ0) is 18.3. The summed E-state index contributed by atoms with van der Waals surface area (Å²) in [4.78, 5) is 29.0. The zero-order valence-corrected chi connectivity index (χ0v) is 17.2. The van der Waals surface area contributed by atoms with Crippen LogP contribution in [0.15, 0.2) is 0 Å². The summed E-state index contributed by atoms with van der Waals surface area (Å²) in [5, 5.41) is 0. The van der Waals surface area contributed by atoms with E-state index in [0.717, 1.165) is 0 Å². The van der Waals surface area contributed by atoms with Crippen molar-refractivity contribution in [2.24, 2.45) is 16.6 Å². The highest BCUT2D eigenvalue weighted by Gasteiger charge is 2.63. The topological polar surface area (TPSA) is 75.9 Å². The lowest BCUT2D eigenvalue weighted by atomic mass is 9.54. The molecule has 0 radical (unpaired) electrons. The molecule has 2 N–H and O–H groups in total. The van der Waals surface area contributed by atoms with Gasteiger partial charge in [0.15, 0.2) is 0 Å². The fraction of sp³-hybridized carbons (Fsp3) is 0.889. The summed E-state index contributed by atoms with van der Waals surface area (Å²) in [6.07, 6.45) is 0.591. The average Bonchev–Trinajstić information content (AvgIpc) is 2.52. The number of nitrogens with two attached hydrogens (primary N) is 1. The normalized spacial score (nSPS) is 28.8. The summed E-state index contributed by atoms with van der Waals surface area (Å²) in [5.41, 5.74) is 4.85. The molecule has 2 unspecified atom stereocenters. The highest BCUT2D eigenvalue weighted by Crippen LogP contribution is 2.50. The Hall–Kier alpha value is -0.850. The molecule has 1 saturated heterocycles. The maximum atomic E-state index is 13.0. The molecule has 1 saturated carbocycles. The van der Waals surface area contributed by atoms with Gasteiger partial charge in [0.2, 0.25) is 11.8 Å². The van der Waals surface area contributed by atoms with Gasteiger partial charge in [-0.1, -0.05) is 34.6 Å². The zero-order valence-electron chi connectivity index (χ0n) is 16.4. The van der Waals surface area contributed by atoms with Crippen LogP contribution in [0.1, 0.15) is 48.0 Å². The monoisotopic (exact) mass is 375 g/mol. The Kier molecular flexibility index (Phi) is 6.58. The van der Waals surface area contributed by atoms with Crippen LogP contribution in [0.3, 0.4) is 0 Å². The van der Waals surface area contributed by atoms with Gasteiger partial charge < -0.3 is 20.3 Å². The number of halogens is 1. The van der Waals surface area contributed by atoms with Crippen LogP contribution in [-0.4, -0.2) is 66.0 Å². The van der Waals surface area contributed by atoms with E-state index in [-0.39, 0.29) is 41.2 Å². The first-order valence-electron chi connectivity index (χ1n) is 8.94. The summed E-state index contributed by atoms with van der Waals surface area (Å²) in [7, 11) is 0. The third kappa shape index (κ3) is 3.81. The molecule has 0 aromatic carbocycles. The standard InChI is InChI=1S/C18H33N3O3.ClH/c1-7-24-13-12-18(19,17(13,5)6)15(23)21-10-8-20(9-11-21)14(22)16(2,3)4;/h13H,7-12,19H2,1-6H3;1H. The van der Waals surface area contributed by atoms with Crippen molar-refractivity contribution in [1.29, 1.82) is 0 Å². The van der Waals surface area contributed by atoms with E-state index in [1.54, 1.807) is 0 Å². The van der Waals surface area contributed by atoms with E-state index in [4.69, 9.17) is 10.5 Å². The Bertz CT molecular complexity index is 510. The summed E-state index contributed by atoms with van der Waals surface area (Å²) in [6.45, 7) is 14.6. The van der Waals surface area contributed by atoms with E-state index in [1.807, 2.05) is 51.3 Å². The van der Waals surface area contributed by atoms with Gasteiger partial charge in [0.25, 0.3) is 0 Å². The van der Waals surface area contributed by atoms with E-state index < -0.39 is 5.54 Å². The Labute approximate surface area is 157 Å². The molecule has 2 aliphatic rings. The molecular formula is C18H34ClN3O3. The minimum atomic E-state index is -0.872. The Morgan fingerprint density at radius 2 is 1.60 bits per heavy atom. The van der Waals surface area contributed by atoms with Crippen LogP contribution in [0, 0.1) is 10.8 Å². The molecule has 0 bridgehead atoms. The number of amides is 2. The smallest absolute Gasteiger partial charge is 0.243 e. The van der Waals surface area contributed by atoms with Gasteiger partial charge in [-0.2, -0.15) is 0 Å². The van der Waals surface area contributed by atoms with Crippen molar-refractivity contribution in [2.45, 2.75) is 59.6 Å². The fourth-order valence-electron chi connectivity index (χ4n) is 3.67. The van der Waals surface area contributed by atoms with E-state index in [1.165, 1.54) is 0 Å². The molecule has 7 heteroatoms. The highest BCUT2D eigenvalue weighted by molar-refractivity contribution is 5.89. The lowest BCUT2D eigenvalue weighted by molar-refractivity contribution is -0.181. The molecule has 1 heterocycles. The lowest BCUT2D eigenvalue weighted by Gasteiger charge is -2.59. The first-order chi connectivity index (χ1) is 10.9. The van der Waals surface area contributed by atoms with Crippen LogP contribution in [0.2, 0.25) is 0 Å². The van der Waals surface area contributed by atoms with E-state index in [0.29, 0.717) is 39.2 Å². The minimum absolute atomic E-state index is 0. The van der Waals surface area contributed by atoms with Gasteiger partial charge >= 0.3 is 0 Å². The number of ether oxygens (including phenoxy) is 1. The van der Waals surface area contributed by atoms with Crippen LogP contribution in [0.25, 0.3) is 0 Å². The molecular weight excluding hydrogens is 342 g/mol. The van der Waals surface area contributed by atoms with Crippen molar-refractivity contribution in [1.82, 2.24) is 9.80 Å². The number of piperazine rings is 1. The molecule has 0 aromatic heterocycles. The molecule has 1 aliphatic heterocycles. The molecule has 146 valence electrons. The summed E-state index contributed by atoms with van der Waals surface area (Å²) in [6, 6.07) is 0. The maximum absolute atomic E-state index is 13.0. The molecule has 0 spiro atoms. The molecule has 2 atom stereocenters. The molecule has 2 fully saturated rings. The number of carbonyl (C=O) groups is 2. The highest BCUT2D eigenvalue weighted by atomic mass is 35.5. The summed E-state index contributed by atoms with van der Waals surface area (Å²) < 4.78 is 5.71. The number of carbonyl (C=O) groups excluding carboxylic acids is 2. The first kappa shape index (κ1) is 22.2. The number of rotatable bonds is 3. The largest absolute Gasteiger partial charge is 0.378 e. The molecule has 25 heavy (non-hydrogen) atoms. The van der Waals surface area contributed by atoms with Gasteiger partial charge in [0, 0.05) is 50.0 Å². The maximum Gasteiger partial charge on any atom is 0.243 e. The summed E-state index contributed by atoms with van der Waals surface area (Å²) in [5.74, 6) is 0.128. The summed E-state index contributed by atoms with van der Waals surface area (Å²) >= 11 is 0. The Balaban J connectivity index is 0.00000312. The van der Waals surface area contributed by atoms with Gasteiger partial charge in [-0.25, -0.2) is 0 Å². The second kappa shape index (κ2) is 7.41. The van der Waals surface area contributed by atoms with Crippen LogP contribution >= 0.6 is 12.4 Å². The van der Waals surface area contributed by atoms with Gasteiger partial charge in [0.05, 0.1) is 6.10 Å². The van der Waals surface area contributed by atoms with Gasteiger partial charge in [-0.15, -0.1) is 12.4 Å². The van der Waals surface area contributed by atoms with Crippen molar-refractivity contribution in [2.75, 3.05) is 32.8 Å². The fourth-order valence-corrected chi connectivity index (χ4v) is 3.67. The van der Waals surface area contributed by atoms with E-state index in [2.05, 4.69) is 0 Å². The van der Waals surface area contributed by atoms with Gasteiger partial charge in [-0.05, 0) is 6.92 Å². The van der Waals surface area contributed by atoms with Crippen molar-refractivity contribution < 1.29 is 14.3 Å². The predicted octanol–water partition coefficient (Wildman–Crippen LogP) is 1.66. The molecule has 6 nitrogen and oxygen atoms in total. The van der Waals surface area contributed by atoms with Crippen molar-refractivity contribution in [3.63, 3.8) is 0 Å². The molecule has 0 aromatic rings. The lowest BCUT2D eigenvalue weighted by Crippen LogP contribution is -2.76.